The second-order valence-electron chi connectivity index (χ2n) is 9.75. The fourth-order valence-electron chi connectivity index (χ4n) is 5.91. The molecule has 1 spiro atoms. The molecule has 0 aromatic heterocycles. The van der Waals surface area contributed by atoms with Gasteiger partial charge in [0.25, 0.3) is 0 Å². The number of rotatable bonds is 2. The van der Waals surface area contributed by atoms with Crippen molar-refractivity contribution in [1.82, 2.24) is 0 Å². The van der Waals surface area contributed by atoms with Gasteiger partial charge in [0.2, 0.25) is 29.0 Å². The lowest BCUT2D eigenvalue weighted by Gasteiger charge is -2.27. The molecule has 2 amide bonds. The molecule has 0 bridgehead atoms. The molecule has 6 heteroatoms. The number of ketones is 2. The number of nitrogens with zero attached hydrogens (tertiary/aromatic N) is 1. The van der Waals surface area contributed by atoms with Crippen LogP contribution in [0.4, 0.5) is 5.69 Å². The summed E-state index contributed by atoms with van der Waals surface area (Å²) in [7, 11) is 0. The third-order valence-electron chi connectivity index (χ3n) is 7.39. The topological polar surface area (TPSA) is 80.8 Å². The van der Waals surface area contributed by atoms with Crippen molar-refractivity contribution in [3.63, 3.8) is 0 Å². The SMILES string of the molecule is Cc1ccc([C@@H]2OC3(C(=O)c4ccccc4C3=O)[C@@H]3C(=O)N(c4cc(C)cc(C)c4)C(=O)[C@H]32)cc1. The van der Waals surface area contributed by atoms with Crippen molar-refractivity contribution in [3.8, 4) is 0 Å². The van der Waals surface area contributed by atoms with Crippen molar-refractivity contribution >= 4 is 29.1 Å². The molecule has 0 saturated carbocycles. The van der Waals surface area contributed by atoms with Gasteiger partial charge in [-0.2, -0.15) is 0 Å². The van der Waals surface area contributed by atoms with Gasteiger partial charge in [-0.15, -0.1) is 0 Å². The minimum atomic E-state index is -2.05. The van der Waals surface area contributed by atoms with Crippen molar-refractivity contribution in [2.24, 2.45) is 11.8 Å². The second-order valence-corrected chi connectivity index (χ2v) is 9.75. The van der Waals surface area contributed by atoms with E-state index >= 15 is 0 Å². The normalized spacial score (nSPS) is 24.4. The lowest BCUT2D eigenvalue weighted by Crippen LogP contribution is -2.51. The molecule has 3 aromatic rings. The van der Waals surface area contributed by atoms with Gasteiger partial charge in [0.15, 0.2) is 0 Å². The fraction of sp³-hybridized carbons (Fsp3) is 0.241. The Bertz CT molecular complexity index is 1400. The van der Waals surface area contributed by atoms with E-state index in [1.165, 1.54) is 0 Å². The highest BCUT2D eigenvalue weighted by Gasteiger charge is 2.74. The van der Waals surface area contributed by atoms with E-state index in [2.05, 4.69) is 0 Å². The lowest BCUT2D eigenvalue weighted by molar-refractivity contribution is -0.127. The highest BCUT2D eigenvalue weighted by Crippen LogP contribution is 2.57. The molecule has 0 unspecified atom stereocenters. The Balaban J connectivity index is 1.55. The third kappa shape index (κ3) is 2.80. The van der Waals surface area contributed by atoms with E-state index in [1.54, 1.807) is 36.4 Å². The van der Waals surface area contributed by atoms with Crippen LogP contribution in [0.1, 0.15) is 49.1 Å². The standard InChI is InChI=1S/C29H23NO5/c1-15-8-10-18(11-9-15)24-22-23(28(34)30(27(22)33)19-13-16(2)12-17(3)14-19)29(35-24)25(31)20-6-4-5-7-21(20)26(29)32/h4-14,22-24H,1-3H3/t22-,23+,24+/m1/s1. The number of aryl methyl sites for hydroxylation is 3. The maximum absolute atomic E-state index is 14.0. The number of imide groups is 1. The highest BCUT2D eigenvalue weighted by atomic mass is 16.5. The molecule has 2 heterocycles. The third-order valence-corrected chi connectivity index (χ3v) is 7.39. The smallest absolute Gasteiger partial charge is 0.241 e. The van der Waals surface area contributed by atoms with Gasteiger partial charge in [-0.25, -0.2) is 4.90 Å². The number of amides is 2. The van der Waals surface area contributed by atoms with E-state index in [9.17, 15) is 19.2 Å². The van der Waals surface area contributed by atoms with Crippen LogP contribution in [0.3, 0.4) is 0 Å². The summed E-state index contributed by atoms with van der Waals surface area (Å²) in [5, 5.41) is 0. The number of fused-ring (bicyclic) bond motifs is 3. The van der Waals surface area contributed by atoms with Crippen LogP contribution in [0, 0.1) is 32.6 Å². The Morgan fingerprint density at radius 1 is 0.714 bits per heavy atom. The molecular formula is C29H23NO5. The van der Waals surface area contributed by atoms with E-state index < -0.39 is 46.9 Å². The highest BCUT2D eigenvalue weighted by molar-refractivity contribution is 6.37. The molecule has 2 fully saturated rings. The van der Waals surface area contributed by atoms with Gasteiger partial charge in [-0.3, -0.25) is 19.2 Å². The zero-order valence-corrected chi connectivity index (χ0v) is 19.6. The summed E-state index contributed by atoms with van der Waals surface area (Å²) in [5.41, 5.74) is 2.33. The Morgan fingerprint density at radius 2 is 1.29 bits per heavy atom. The van der Waals surface area contributed by atoms with E-state index in [4.69, 9.17) is 4.74 Å². The quantitative estimate of drug-likeness (QED) is 0.416. The van der Waals surface area contributed by atoms with Crippen molar-refractivity contribution < 1.29 is 23.9 Å². The molecule has 3 aromatic carbocycles. The summed E-state index contributed by atoms with van der Waals surface area (Å²) in [6, 6.07) is 19.4. The van der Waals surface area contributed by atoms with Crippen LogP contribution in [0.2, 0.25) is 0 Å². The van der Waals surface area contributed by atoms with Gasteiger partial charge in [-0.05, 0) is 49.6 Å². The maximum atomic E-state index is 14.0. The van der Waals surface area contributed by atoms with Crippen molar-refractivity contribution in [3.05, 3.63) is 100 Å². The van der Waals surface area contributed by atoms with E-state index in [0.29, 0.717) is 11.3 Å². The first-order chi connectivity index (χ1) is 16.7. The average Bonchev–Trinajstić information content (AvgIpc) is 3.39. The van der Waals surface area contributed by atoms with Gasteiger partial charge in [-0.1, -0.05) is 60.2 Å². The zero-order chi connectivity index (χ0) is 24.6. The van der Waals surface area contributed by atoms with Gasteiger partial charge in [0.1, 0.15) is 0 Å². The fourth-order valence-corrected chi connectivity index (χ4v) is 5.91. The van der Waals surface area contributed by atoms with Crippen LogP contribution in [-0.2, 0) is 14.3 Å². The van der Waals surface area contributed by atoms with Gasteiger partial charge in [0.05, 0.1) is 23.6 Å². The first-order valence-electron chi connectivity index (χ1n) is 11.6. The summed E-state index contributed by atoms with van der Waals surface area (Å²) in [4.78, 5) is 56.6. The number of hydrogen-bond acceptors (Lipinski definition) is 5. The number of ether oxygens (including phenoxy) is 1. The number of Topliss-reactive ketones (excluding diaryl/α,β-unsaturated/α-hetero) is 2. The summed E-state index contributed by atoms with van der Waals surface area (Å²) in [5.74, 6) is -4.36. The van der Waals surface area contributed by atoms with Crippen LogP contribution >= 0.6 is 0 Å². The Kier molecular flexibility index (Phi) is 4.51. The minimum absolute atomic E-state index is 0.228. The molecular weight excluding hydrogens is 442 g/mol. The van der Waals surface area contributed by atoms with E-state index in [1.807, 2.05) is 51.1 Å². The number of hydrogen-bond donors (Lipinski definition) is 0. The number of carbonyl (C=O) groups is 4. The van der Waals surface area contributed by atoms with E-state index in [-0.39, 0.29) is 11.1 Å². The first-order valence-corrected chi connectivity index (χ1v) is 11.6. The van der Waals surface area contributed by atoms with Crippen molar-refractivity contribution in [2.45, 2.75) is 32.5 Å². The first kappa shape index (κ1) is 21.6. The molecule has 0 radical (unpaired) electrons. The molecule has 174 valence electrons. The minimum Gasteiger partial charge on any atom is -0.349 e. The van der Waals surface area contributed by atoms with Gasteiger partial charge < -0.3 is 4.74 Å². The number of benzene rings is 3. The van der Waals surface area contributed by atoms with Gasteiger partial charge >= 0.3 is 0 Å². The van der Waals surface area contributed by atoms with Crippen LogP contribution in [-0.4, -0.2) is 29.0 Å². The van der Waals surface area contributed by atoms with Crippen LogP contribution < -0.4 is 4.90 Å². The van der Waals surface area contributed by atoms with Crippen LogP contribution in [0.5, 0.6) is 0 Å². The Hall–Kier alpha value is -3.90. The average molecular weight is 466 g/mol. The van der Waals surface area contributed by atoms with Crippen molar-refractivity contribution in [1.29, 1.82) is 0 Å². The predicted molar refractivity (Wildman–Crippen MR) is 128 cm³/mol. The zero-order valence-electron chi connectivity index (χ0n) is 19.6. The largest absolute Gasteiger partial charge is 0.349 e. The molecule has 2 aliphatic heterocycles. The maximum Gasteiger partial charge on any atom is 0.241 e. The van der Waals surface area contributed by atoms with Crippen LogP contribution in [0.25, 0.3) is 0 Å². The molecule has 35 heavy (non-hydrogen) atoms. The number of carbonyl (C=O) groups excluding carboxylic acids is 4. The Morgan fingerprint density at radius 3 is 1.86 bits per heavy atom. The second kappa shape index (κ2) is 7.30. The van der Waals surface area contributed by atoms with Gasteiger partial charge in [0, 0.05) is 11.1 Å². The summed E-state index contributed by atoms with van der Waals surface area (Å²) >= 11 is 0. The molecule has 3 aliphatic rings. The molecule has 6 nitrogen and oxygen atoms in total. The predicted octanol–water partition coefficient (Wildman–Crippen LogP) is 4.31. The molecule has 2 saturated heterocycles. The molecule has 1 aliphatic carbocycles. The summed E-state index contributed by atoms with van der Waals surface area (Å²) < 4.78 is 6.31. The van der Waals surface area contributed by atoms with Crippen LogP contribution in [0.15, 0.2) is 66.7 Å². The number of anilines is 1. The monoisotopic (exact) mass is 465 g/mol. The molecule has 3 atom stereocenters. The summed E-state index contributed by atoms with van der Waals surface area (Å²) in [6.45, 7) is 5.72. The van der Waals surface area contributed by atoms with Crippen molar-refractivity contribution in [2.75, 3.05) is 4.90 Å². The summed E-state index contributed by atoms with van der Waals surface area (Å²) in [6.07, 6.45) is -0.907. The molecule has 6 rings (SSSR count). The molecule has 0 N–H and O–H groups in total. The lowest BCUT2D eigenvalue weighted by atomic mass is 9.77. The Labute approximate surface area is 202 Å². The van der Waals surface area contributed by atoms with E-state index in [0.717, 1.165) is 21.6 Å².